The molecule has 0 fully saturated rings. The van der Waals surface area contributed by atoms with E-state index in [0.29, 0.717) is 12.4 Å². The highest BCUT2D eigenvalue weighted by Gasteiger charge is 2.21. The van der Waals surface area contributed by atoms with E-state index in [1.165, 1.54) is 0 Å². The van der Waals surface area contributed by atoms with Gasteiger partial charge in [-0.05, 0) is 6.92 Å². The first-order valence-corrected chi connectivity index (χ1v) is 4.55. The van der Waals surface area contributed by atoms with E-state index in [0.717, 1.165) is 0 Å². The summed E-state index contributed by atoms with van der Waals surface area (Å²) in [5, 5.41) is 6.51. The monoisotopic (exact) mass is 197 g/mol. The number of rotatable bonds is 2. The molecule has 78 valence electrons. The van der Waals surface area contributed by atoms with Gasteiger partial charge in [0.05, 0.1) is 6.61 Å². The van der Waals surface area contributed by atoms with Crippen molar-refractivity contribution in [3.63, 3.8) is 0 Å². The molecule has 5 heteroatoms. The number of nitrogens with one attached hydrogen (secondary N) is 1. The minimum Gasteiger partial charge on any atom is -0.460 e. The number of aromatic amines is 1. The largest absolute Gasteiger partial charge is 0.460 e. The molecule has 0 saturated carbocycles. The standard InChI is InChI=1S/C9H15N3O2/c1-5-14-7(13)6-10-8(12-11-6)9(2,3)4/h5H2,1-4H3,(H,10,11,12). The lowest BCUT2D eigenvalue weighted by molar-refractivity contribution is 0.0512. The second-order valence-electron chi connectivity index (χ2n) is 3.98. The molecule has 0 spiro atoms. The average molecular weight is 197 g/mol. The Morgan fingerprint density at radius 1 is 1.50 bits per heavy atom. The molecule has 14 heavy (non-hydrogen) atoms. The Morgan fingerprint density at radius 2 is 2.14 bits per heavy atom. The van der Waals surface area contributed by atoms with Gasteiger partial charge in [0.1, 0.15) is 5.82 Å². The van der Waals surface area contributed by atoms with Crippen LogP contribution in [0, 0.1) is 0 Å². The summed E-state index contributed by atoms with van der Waals surface area (Å²) in [7, 11) is 0. The Labute approximate surface area is 82.9 Å². The number of hydrogen-bond acceptors (Lipinski definition) is 4. The summed E-state index contributed by atoms with van der Waals surface area (Å²) in [6.45, 7) is 8.04. The summed E-state index contributed by atoms with van der Waals surface area (Å²) in [5.41, 5.74) is -0.141. The third-order valence-corrected chi connectivity index (χ3v) is 1.65. The second-order valence-corrected chi connectivity index (χ2v) is 3.98. The molecule has 0 atom stereocenters. The fourth-order valence-electron chi connectivity index (χ4n) is 0.884. The first-order valence-electron chi connectivity index (χ1n) is 4.55. The van der Waals surface area contributed by atoms with Gasteiger partial charge in [-0.3, -0.25) is 5.10 Å². The van der Waals surface area contributed by atoms with Gasteiger partial charge in [0.15, 0.2) is 0 Å². The molecular weight excluding hydrogens is 182 g/mol. The number of H-pyrrole nitrogens is 1. The molecule has 1 N–H and O–H groups in total. The van der Waals surface area contributed by atoms with Crippen LogP contribution in [0.15, 0.2) is 0 Å². The van der Waals surface area contributed by atoms with Gasteiger partial charge in [-0.1, -0.05) is 20.8 Å². The van der Waals surface area contributed by atoms with Gasteiger partial charge < -0.3 is 4.74 Å². The maximum absolute atomic E-state index is 11.2. The number of aromatic nitrogens is 3. The van der Waals surface area contributed by atoms with Crippen molar-refractivity contribution in [3.05, 3.63) is 11.6 Å². The number of ether oxygens (including phenoxy) is 1. The third-order valence-electron chi connectivity index (χ3n) is 1.65. The highest BCUT2D eigenvalue weighted by atomic mass is 16.5. The molecule has 1 rings (SSSR count). The van der Waals surface area contributed by atoms with E-state index >= 15 is 0 Å². The Hall–Kier alpha value is -1.39. The molecule has 0 aliphatic heterocycles. The van der Waals surface area contributed by atoms with E-state index in [4.69, 9.17) is 4.74 Å². The summed E-state index contributed by atoms with van der Waals surface area (Å²) in [5.74, 6) is 0.288. The van der Waals surface area contributed by atoms with Crippen LogP contribution < -0.4 is 0 Å². The number of carbonyl (C=O) groups excluding carboxylic acids is 1. The molecule has 1 heterocycles. The van der Waals surface area contributed by atoms with Crippen LogP contribution in [0.3, 0.4) is 0 Å². The van der Waals surface area contributed by atoms with Crippen molar-refractivity contribution >= 4 is 5.97 Å². The van der Waals surface area contributed by atoms with Crippen molar-refractivity contribution in [1.29, 1.82) is 0 Å². The zero-order valence-electron chi connectivity index (χ0n) is 8.92. The summed E-state index contributed by atoms with van der Waals surface area (Å²) in [4.78, 5) is 15.3. The average Bonchev–Trinajstić information content (AvgIpc) is 2.51. The van der Waals surface area contributed by atoms with Crippen LogP contribution in [0.4, 0.5) is 0 Å². The van der Waals surface area contributed by atoms with E-state index in [9.17, 15) is 4.79 Å². The molecule has 1 aromatic heterocycles. The Bertz CT molecular complexity index is 325. The maximum Gasteiger partial charge on any atom is 0.378 e. The quantitative estimate of drug-likeness (QED) is 0.725. The van der Waals surface area contributed by atoms with Gasteiger partial charge in [0, 0.05) is 5.41 Å². The van der Waals surface area contributed by atoms with Crippen LogP contribution in [0.25, 0.3) is 0 Å². The van der Waals surface area contributed by atoms with Crippen molar-refractivity contribution in [1.82, 2.24) is 15.2 Å². The van der Waals surface area contributed by atoms with Crippen LogP contribution in [0.2, 0.25) is 0 Å². The lowest BCUT2D eigenvalue weighted by Crippen LogP contribution is -2.14. The van der Waals surface area contributed by atoms with Gasteiger partial charge >= 0.3 is 5.97 Å². The normalized spacial score (nSPS) is 11.4. The van der Waals surface area contributed by atoms with E-state index in [-0.39, 0.29) is 11.2 Å². The van der Waals surface area contributed by atoms with Gasteiger partial charge in [-0.15, -0.1) is 5.10 Å². The summed E-state index contributed by atoms with van der Waals surface area (Å²) < 4.78 is 4.77. The topological polar surface area (TPSA) is 67.9 Å². The van der Waals surface area contributed by atoms with E-state index < -0.39 is 5.97 Å². The SMILES string of the molecule is CCOC(=O)c1n[nH]c(C(C)(C)C)n1. The third kappa shape index (κ3) is 2.31. The number of hydrogen-bond donors (Lipinski definition) is 1. The molecule has 1 aromatic rings. The van der Waals surface area contributed by atoms with Crippen molar-refractivity contribution < 1.29 is 9.53 Å². The minimum absolute atomic E-state index is 0.0942. The van der Waals surface area contributed by atoms with Crippen LogP contribution in [0.5, 0.6) is 0 Å². The molecule has 0 bridgehead atoms. The molecule has 5 nitrogen and oxygen atoms in total. The molecule has 0 aromatic carbocycles. The van der Waals surface area contributed by atoms with Gasteiger partial charge in [-0.2, -0.15) is 0 Å². The summed E-state index contributed by atoms with van der Waals surface area (Å²) in [6, 6.07) is 0. The fraction of sp³-hybridized carbons (Fsp3) is 0.667. The van der Waals surface area contributed by atoms with Gasteiger partial charge in [0.2, 0.25) is 0 Å². The number of nitrogens with zero attached hydrogens (tertiary/aromatic N) is 2. The first kappa shape index (κ1) is 10.7. The Kier molecular flexibility index (Phi) is 2.88. The van der Waals surface area contributed by atoms with Crippen LogP contribution >= 0.6 is 0 Å². The summed E-state index contributed by atoms with van der Waals surface area (Å²) in [6.07, 6.45) is 0. The second kappa shape index (κ2) is 3.77. The zero-order valence-corrected chi connectivity index (χ0v) is 8.92. The number of esters is 1. The van der Waals surface area contributed by atoms with Crippen molar-refractivity contribution in [2.45, 2.75) is 33.1 Å². The Morgan fingerprint density at radius 3 is 2.57 bits per heavy atom. The molecule has 0 amide bonds. The van der Waals surface area contributed by atoms with Crippen molar-refractivity contribution in [2.75, 3.05) is 6.61 Å². The molecule has 0 aliphatic rings. The first-order chi connectivity index (χ1) is 6.45. The lowest BCUT2D eigenvalue weighted by atomic mass is 9.96. The lowest BCUT2D eigenvalue weighted by Gasteiger charge is -2.12. The molecule has 0 unspecified atom stereocenters. The van der Waals surface area contributed by atoms with Gasteiger partial charge in [-0.25, -0.2) is 9.78 Å². The predicted molar refractivity (Wildman–Crippen MR) is 51.0 cm³/mol. The number of carbonyl (C=O) groups is 1. The van der Waals surface area contributed by atoms with Crippen LogP contribution in [0.1, 0.15) is 44.1 Å². The highest BCUT2D eigenvalue weighted by molar-refractivity contribution is 5.84. The van der Waals surface area contributed by atoms with E-state index in [1.54, 1.807) is 6.92 Å². The van der Waals surface area contributed by atoms with Crippen LogP contribution in [-0.4, -0.2) is 27.8 Å². The zero-order chi connectivity index (χ0) is 10.8. The van der Waals surface area contributed by atoms with Crippen molar-refractivity contribution in [3.8, 4) is 0 Å². The highest BCUT2D eigenvalue weighted by Crippen LogP contribution is 2.17. The van der Waals surface area contributed by atoms with E-state index in [1.807, 2.05) is 20.8 Å². The minimum atomic E-state index is -0.487. The molecule has 0 aliphatic carbocycles. The Balaban J connectivity index is 2.83. The van der Waals surface area contributed by atoms with Crippen LogP contribution in [-0.2, 0) is 10.2 Å². The summed E-state index contributed by atoms with van der Waals surface area (Å²) >= 11 is 0. The smallest absolute Gasteiger partial charge is 0.378 e. The van der Waals surface area contributed by atoms with E-state index in [2.05, 4.69) is 15.2 Å². The maximum atomic E-state index is 11.2. The van der Waals surface area contributed by atoms with Crippen molar-refractivity contribution in [2.24, 2.45) is 0 Å². The molecule has 0 saturated heterocycles. The predicted octanol–water partition coefficient (Wildman–Crippen LogP) is 1.28. The molecule has 0 radical (unpaired) electrons. The van der Waals surface area contributed by atoms with Gasteiger partial charge in [0.25, 0.3) is 5.82 Å². The molecular formula is C9H15N3O2. The fourth-order valence-corrected chi connectivity index (χ4v) is 0.884.